The van der Waals surface area contributed by atoms with Gasteiger partial charge in [0.15, 0.2) is 0 Å². The second-order valence-electron chi connectivity index (χ2n) is 4.85. The van der Waals surface area contributed by atoms with Crippen molar-refractivity contribution in [3.63, 3.8) is 0 Å². The van der Waals surface area contributed by atoms with Crippen molar-refractivity contribution in [2.75, 3.05) is 18.4 Å². The molecule has 1 amide bonds. The molecule has 1 unspecified atom stereocenters. The van der Waals surface area contributed by atoms with E-state index in [1.165, 1.54) is 18.2 Å². The molecule has 1 atom stereocenters. The van der Waals surface area contributed by atoms with Crippen molar-refractivity contribution in [1.29, 1.82) is 0 Å². The van der Waals surface area contributed by atoms with Gasteiger partial charge in [-0.15, -0.1) is 0 Å². The quantitative estimate of drug-likeness (QED) is 0.880. The number of carbonyl (C=O) groups is 2. The standard InChI is InChI=1S/C14H17FN2O3/c15-10-5-1-2-6-11(10)16-13(18)9-17-8-4-3-7-12(17)14(19)20/h1-2,5-6,12H,3-4,7-9H2,(H,16,18)(H,19,20). The van der Waals surface area contributed by atoms with Crippen molar-refractivity contribution in [2.24, 2.45) is 0 Å². The van der Waals surface area contributed by atoms with Gasteiger partial charge in [-0.1, -0.05) is 18.6 Å². The molecular weight excluding hydrogens is 263 g/mol. The van der Waals surface area contributed by atoms with Gasteiger partial charge in [0.1, 0.15) is 11.9 Å². The topological polar surface area (TPSA) is 69.6 Å². The normalized spacial score (nSPS) is 19.6. The minimum absolute atomic E-state index is 0.0364. The van der Waals surface area contributed by atoms with Crippen LogP contribution < -0.4 is 5.32 Å². The number of amides is 1. The summed E-state index contributed by atoms with van der Waals surface area (Å²) < 4.78 is 13.4. The predicted octanol–water partition coefficient (Wildman–Crippen LogP) is 1.70. The molecule has 1 aliphatic heterocycles. The average Bonchev–Trinajstić information content (AvgIpc) is 2.41. The Morgan fingerprint density at radius 1 is 1.35 bits per heavy atom. The van der Waals surface area contributed by atoms with Crippen LogP contribution in [0.5, 0.6) is 0 Å². The fourth-order valence-corrected chi connectivity index (χ4v) is 2.40. The first-order valence-electron chi connectivity index (χ1n) is 6.59. The molecule has 2 rings (SSSR count). The lowest BCUT2D eigenvalue weighted by molar-refractivity contribution is -0.145. The van der Waals surface area contributed by atoms with Gasteiger partial charge < -0.3 is 10.4 Å². The number of hydrogen-bond donors (Lipinski definition) is 2. The minimum atomic E-state index is -0.914. The van der Waals surface area contributed by atoms with Crippen LogP contribution in [0.1, 0.15) is 19.3 Å². The molecule has 2 N–H and O–H groups in total. The number of likely N-dealkylation sites (tertiary alicyclic amines) is 1. The van der Waals surface area contributed by atoms with Crippen LogP contribution in [0.2, 0.25) is 0 Å². The van der Waals surface area contributed by atoms with Gasteiger partial charge >= 0.3 is 5.97 Å². The van der Waals surface area contributed by atoms with Crippen LogP contribution in [-0.4, -0.2) is 41.0 Å². The maximum absolute atomic E-state index is 13.4. The van der Waals surface area contributed by atoms with Crippen LogP contribution in [0.15, 0.2) is 24.3 Å². The van der Waals surface area contributed by atoms with Crippen molar-refractivity contribution in [3.05, 3.63) is 30.1 Å². The van der Waals surface area contributed by atoms with Crippen LogP contribution in [0, 0.1) is 5.82 Å². The largest absolute Gasteiger partial charge is 0.480 e. The number of hydrogen-bond acceptors (Lipinski definition) is 3. The Balaban J connectivity index is 1.96. The molecule has 0 aromatic heterocycles. The highest BCUT2D eigenvalue weighted by Gasteiger charge is 2.29. The van der Waals surface area contributed by atoms with Crippen LogP contribution in [-0.2, 0) is 9.59 Å². The summed E-state index contributed by atoms with van der Waals surface area (Å²) in [5.41, 5.74) is 0.112. The lowest BCUT2D eigenvalue weighted by Crippen LogP contribution is -2.47. The number of aliphatic carboxylic acids is 1. The molecule has 108 valence electrons. The molecule has 1 heterocycles. The summed E-state index contributed by atoms with van der Waals surface area (Å²) in [7, 11) is 0. The summed E-state index contributed by atoms with van der Waals surface area (Å²) in [6.45, 7) is 0.535. The molecule has 1 fully saturated rings. The monoisotopic (exact) mass is 280 g/mol. The molecular formula is C14H17FN2O3. The van der Waals surface area contributed by atoms with Crippen molar-refractivity contribution in [2.45, 2.75) is 25.3 Å². The summed E-state index contributed by atoms with van der Waals surface area (Å²) in [5.74, 6) is -1.82. The maximum Gasteiger partial charge on any atom is 0.320 e. The van der Waals surface area contributed by atoms with E-state index in [9.17, 15) is 14.0 Å². The molecule has 1 aliphatic rings. The van der Waals surface area contributed by atoms with Crippen molar-refractivity contribution in [3.8, 4) is 0 Å². The molecule has 1 saturated heterocycles. The number of benzene rings is 1. The third-order valence-electron chi connectivity index (χ3n) is 3.39. The number of rotatable bonds is 4. The second kappa shape index (κ2) is 6.47. The summed E-state index contributed by atoms with van der Waals surface area (Å²) in [5, 5.41) is 11.6. The second-order valence-corrected chi connectivity index (χ2v) is 4.85. The van der Waals surface area contributed by atoms with Crippen molar-refractivity contribution in [1.82, 2.24) is 4.90 Å². The molecule has 5 nitrogen and oxygen atoms in total. The van der Waals surface area contributed by atoms with Gasteiger partial charge in [0.2, 0.25) is 5.91 Å². The lowest BCUT2D eigenvalue weighted by Gasteiger charge is -2.32. The fraction of sp³-hybridized carbons (Fsp3) is 0.429. The predicted molar refractivity (Wildman–Crippen MR) is 71.9 cm³/mol. The highest BCUT2D eigenvalue weighted by atomic mass is 19.1. The number of anilines is 1. The summed E-state index contributed by atoms with van der Waals surface area (Å²) in [6.07, 6.45) is 2.27. The van der Waals surface area contributed by atoms with Gasteiger partial charge in [-0.05, 0) is 31.5 Å². The molecule has 1 aromatic rings. The Bertz CT molecular complexity index is 507. The molecule has 0 radical (unpaired) electrons. The third-order valence-corrected chi connectivity index (χ3v) is 3.39. The first kappa shape index (κ1) is 14.5. The van der Waals surface area contributed by atoms with Crippen molar-refractivity contribution < 1.29 is 19.1 Å². The zero-order chi connectivity index (χ0) is 14.5. The Labute approximate surface area is 116 Å². The molecule has 0 spiro atoms. The summed E-state index contributed by atoms with van der Waals surface area (Å²) in [6, 6.07) is 5.26. The molecule has 20 heavy (non-hydrogen) atoms. The number of nitrogens with zero attached hydrogens (tertiary/aromatic N) is 1. The molecule has 0 aliphatic carbocycles. The zero-order valence-corrected chi connectivity index (χ0v) is 11.0. The lowest BCUT2D eigenvalue weighted by atomic mass is 10.0. The van der Waals surface area contributed by atoms with Gasteiger partial charge in [0.25, 0.3) is 0 Å². The van der Waals surface area contributed by atoms with E-state index in [0.717, 1.165) is 12.8 Å². The third kappa shape index (κ3) is 3.54. The van der Waals surface area contributed by atoms with Crippen LogP contribution in [0.4, 0.5) is 10.1 Å². The van der Waals surface area contributed by atoms with Gasteiger partial charge in [0, 0.05) is 0 Å². The van der Waals surface area contributed by atoms with Crippen LogP contribution in [0.3, 0.4) is 0 Å². The number of carboxylic acid groups (broad SMARTS) is 1. The Morgan fingerprint density at radius 3 is 2.80 bits per heavy atom. The van der Waals surface area contributed by atoms with E-state index in [0.29, 0.717) is 13.0 Å². The summed E-state index contributed by atoms with van der Waals surface area (Å²) in [4.78, 5) is 24.6. The fourth-order valence-electron chi connectivity index (χ4n) is 2.40. The van der Waals surface area contributed by atoms with E-state index < -0.39 is 23.7 Å². The van der Waals surface area contributed by atoms with E-state index in [2.05, 4.69) is 5.32 Å². The number of carboxylic acids is 1. The van der Waals surface area contributed by atoms with Gasteiger partial charge in [0.05, 0.1) is 12.2 Å². The van der Waals surface area contributed by atoms with Crippen molar-refractivity contribution >= 4 is 17.6 Å². The van der Waals surface area contributed by atoms with E-state index >= 15 is 0 Å². The zero-order valence-electron chi connectivity index (χ0n) is 11.0. The number of para-hydroxylation sites is 1. The van der Waals surface area contributed by atoms with E-state index in [1.54, 1.807) is 11.0 Å². The highest BCUT2D eigenvalue weighted by Crippen LogP contribution is 2.17. The Hall–Kier alpha value is -1.95. The van der Waals surface area contributed by atoms with E-state index in [4.69, 9.17) is 5.11 Å². The maximum atomic E-state index is 13.4. The smallest absolute Gasteiger partial charge is 0.320 e. The summed E-state index contributed by atoms with van der Waals surface area (Å²) >= 11 is 0. The van der Waals surface area contributed by atoms with E-state index in [-0.39, 0.29) is 12.2 Å². The number of carbonyl (C=O) groups excluding carboxylic acids is 1. The molecule has 0 bridgehead atoms. The first-order chi connectivity index (χ1) is 9.58. The molecule has 1 aromatic carbocycles. The van der Waals surface area contributed by atoms with Gasteiger partial charge in [-0.3, -0.25) is 14.5 Å². The highest BCUT2D eigenvalue weighted by molar-refractivity contribution is 5.92. The van der Waals surface area contributed by atoms with Crippen LogP contribution in [0.25, 0.3) is 0 Å². The first-order valence-corrected chi connectivity index (χ1v) is 6.59. The Kier molecular flexibility index (Phi) is 4.68. The minimum Gasteiger partial charge on any atom is -0.480 e. The van der Waals surface area contributed by atoms with Gasteiger partial charge in [-0.2, -0.15) is 0 Å². The Morgan fingerprint density at radius 2 is 2.10 bits per heavy atom. The molecule has 6 heteroatoms. The SMILES string of the molecule is O=C(CN1CCCCC1C(=O)O)Nc1ccccc1F. The molecule has 0 saturated carbocycles. The van der Waals surface area contributed by atoms with Crippen LogP contribution >= 0.6 is 0 Å². The van der Waals surface area contributed by atoms with E-state index in [1.807, 2.05) is 0 Å². The number of nitrogens with one attached hydrogen (secondary N) is 1. The number of halogens is 1. The van der Waals surface area contributed by atoms with Gasteiger partial charge in [-0.25, -0.2) is 4.39 Å². The number of piperidine rings is 1. The average molecular weight is 280 g/mol.